The number of hydrogen-bond acceptors (Lipinski definition) is 1. The minimum absolute atomic E-state index is 0.457. The van der Waals surface area contributed by atoms with Crippen LogP contribution in [-0.2, 0) is 0 Å². The Kier molecular flexibility index (Phi) is 1.92. The van der Waals surface area contributed by atoms with Crippen molar-refractivity contribution in [2.45, 2.75) is 19.9 Å². The van der Waals surface area contributed by atoms with Crippen LogP contribution in [0.4, 0.5) is 0 Å². The first kappa shape index (κ1) is 9.32. The number of allylic oxidation sites excluding steroid dienone is 2. The van der Waals surface area contributed by atoms with Gasteiger partial charge in [-0.2, -0.15) is 0 Å². The molecule has 2 heterocycles. The molecule has 2 aromatic heterocycles. The molecule has 0 saturated heterocycles. The number of fused-ring (bicyclic) bond motifs is 3. The summed E-state index contributed by atoms with van der Waals surface area (Å²) >= 11 is 0. The zero-order chi connectivity index (χ0) is 11.1. The van der Waals surface area contributed by atoms with E-state index in [4.69, 9.17) is 4.42 Å². The highest BCUT2D eigenvalue weighted by molar-refractivity contribution is 5.91. The summed E-state index contributed by atoms with van der Waals surface area (Å²) in [4.78, 5) is 0. The molecule has 0 N–H and O–H groups in total. The molecule has 0 bridgehead atoms. The zero-order valence-corrected chi connectivity index (χ0v) is 9.40. The summed E-state index contributed by atoms with van der Waals surface area (Å²) in [6.07, 6.45) is 12.0. The molecule has 0 spiro atoms. The maximum atomic E-state index is 5.80. The van der Waals surface area contributed by atoms with Crippen LogP contribution >= 0.6 is 0 Å². The van der Waals surface area contributed by atoms with E-state index in [2.05, 4.69) is 36.5 Å². The maximum Gasteiger partial charge on any atom is 0.153 e. The average molecular weight is 211 g/mol. The van der Waals surface area contributed by atoms with Crippen molar-refractivity contribution >= 4 is 23.1 Å². The topological polar surface area (TPSA) is 18.1 Å². The van der Waals surface area contributed by atoms with Crippen LogP contribution in [0.1, 0.15) is 31.2 Å². The van der Waals surface area contributed by atoms with E-state index >= 15 is 0 Å². The standard InChI is InChI=1S/C14H13NO/c1-10(2)15-8-12-11-6-4-3-5-7-13(11)16-14(12)9-15/h3,5-10H,1-2H3. The second-order valence-electron chi connectivity index (χ2n) is 4.29. The summed E-state index contributed by atoms with van der Waals surface area (Å²) in [6, 6.07) is 0.457. The Morgan fingerprint density at radius 3 is 3.00 bits per heavy atom. The summed E-state index contributed by atoms with van der Waals surface area (Å²) in [5, 5.41) is 1.16. The molecular formula is C14H13NO. The van der Waals surface area contributed by atoms with E-state index in [1.54, 1.807) is 0 Å². The van der Waals surface area contributed by atoms with E-state index in [0.717, 1.165) is 22.3 Å². The highest BCUT2D eigenvalue weighted by Crippen LogP contribution is 2.30. The van der Waals surface area contributed by atoms with Crippen LogP contribution in [0.25, 0.3) is 23.1 Å². The van der Waals surface area contributed by atoms with Crippen molar-refractivity contribution in [1.82, 2.24) is 4.57 Å². The normalized spacial score (nSPS) is 13.7. The van der Waals surface area contributed by atoms with Gasteiger partial charge in [-0.05, 0) is 32.1 Å². The molecule has 0 aliphatic heterocycles. The molecule has 0 unspecified atom stereocenters. The molecule has 1 aliphatic carbocycles. The molecule has 0 saturated carbocycles. The van der Waals surface area contributed by atoms with Gasteiger partial charge in [0.1, 0.15) is 5.76 Å². The van der Waals surface area contributed by atoms with Gasteiger partial charge in [-0.15, -0.1) is 5.73 Å². The van der Waals surface area contributed by atoms with Gasteiger partial charge in [0.05, 0.1) is 0 Å². The lowest BCUT2D eigenvalue weighted by molar-refractivity contribution is 0.579. The van der Waals surface area contributed by atoms with Crippen LogP contribution in [0.2, 0.25) is 0 Å². The predicted octanol–water partition coefficient (Wildman–Crippen LogP) is 4.01. The molecule has 1 aliphatic rings. The zero-order valence-electron chi connectivity index (χ0n) is 9.40. The lowest BCUT2D eigenvalue weighted by atomic mass is 10.2. The highest BCUT2D eigenvalue weighted by Gasteiger charge is 2.13. The van der Waals surface area contributed by atoms with E-state index < -0.39 is 0 Å². The Hall–Kier alpha value is -1.92. The molecule has 0 aromatic carbocycles. The van der Waals surface area contributed by atoms with Crippen molar-refractivity contribution in [2.75, 3.05) is 0 Å². The molecule has 80 valence electrons. The van der Waals surface area contributed by atoms with Crippen molar-refractivity contribution in [3.63, 3.8) is 0 Å². The van der Waals surface area contributed by atoms with Crippen LogP contribution in [0.5, 0.6) is 0 Å². The predicted molar refractivity (Wildman–Crippen MR) is 66.2 cm³/mol. The molecule has 0 radical (unpaired) electrons. The summed E-state index contributed by atoms with van der Waals surface area (Å²) in [5.41, 5.74) is 5.19. The summed E-state index contributed by atoms with van der Waals surface area (Å²) < 4.78 is 7.97. The first-order chi connectivity index (χ1) is 7.75. The van der Waals surface area contributed by atoms with Gasteiger partial charge in [0.25, 0.3) is 0 Å². The van der Waals surface area contributed by atoms with Gasteiger partial charge in [0, 0.05) is 29.4 Å². The second kappa shape index (κ2) is 3.29. The monoisotopic (exact) mass is 211 g/mol. The molecule has 2 aromatic rings. The SMILES string of the molecule is CC(C)n1cc2oc3c(c2c1)C=C=CC=C3. The van der Waals surface area contributed by atoms with Crippen LogP contribution in [-0.4, -0.2) is 4.57 Å². The fourth-order valence-corrected chi connectivity index (χ4v) is 1.94. The van der Waals surface area contributed by atoms with Gasteiger partial charge in [-0.25, -0.2) is 0 Å². The van der Waals surface area contributed by atoms with Crippen LogP contribution in [0.3, 0.4) is 0 Å². The fourth-order valence-electron chi connectivity index (χ4n) is 1.94. The van der Waals surface area contributed by atoms with Crippen molar-refractivity contribution in [3.05, 3.63) is 41.6 Å². The van der Waals surface area contributed by atoms with Crippen LogP contribution in [0.15, 0.2) is 34.7 Å². The lowest BCUT2D eigenvalue weighted by Crippen LogP contribution is -1.95. The summed E-state index contributed by atoms with van der Waals surface area (Å²) in [5.74, 6) is 0.919. The highest BCUT2D eigenvalue weighted by atomic mass is 16.3. The Balaban J connectivity index is 2.29. The molecule has 0 fully saturated rings. The third kappa shape index (κ3) is 1.28. The smallest absolute Gasteiger partial charge is 0.153 e. The van der Waals surface area contributed by atoms with Crippen molar-refractivity contribution in [2.24, 2.45) is 0 Å². The number of rotatable bonds is 1. The van der Waals surface area contributed by atoms with Crippen LogP contribution < -0.4 is 0 Å². The number of nitrogens with zero attached hydrogens (tertiary/aromatic N) is 1. The first-order valence-corrected chi connectivity index (χ1v) is 5.49. The van der Waals surface area contributed by atoms with Crippen molar-refractivity contribution in [1.29, 1.82) is 0 Å². The quantitative estimate of drug-likeness (QED) is 0.652. The minimum atomic E-state index is 0.457. The average Bonchev–Trinajstić information content (AvgIpc) is 2.69. The Bertz CT molecular complexity index is 631. The largest absolute Gasteiger partial charge is 0.454 e. The van der Waals surface area contributed by atoms with E-state index in [0.29, 0.717) is 6.04 Å². The van der Waals surface area contributed by atoms with Gasteiger partial charge in [-0.3, -0.25) is 0 Å². The Morgan fingerprint density at radius 1 is 1.31 bits per heavy atom. The molecule has 0 atom stereocenters. The van der Waals surface area contributed by atoms with E-state index in [-0.39, 0.29) is 0 Å². The minimum Gasteiger partial charge on any atom is -0.454 e. The molecule has 3 rings (SSSR count). The lowest BCUT2D eigenvalue weighted by Gasteiger charge is -2.04. The third-order valence-corrected chi connectivity index (χ3v) is 2.85. The van der Waals surface area contributed by atoms with E-state index in [1.165, 1.54) is 0 Å². The summed E-state index contributed by atoms with van der Waals surface area (Å²) in [6.45, 7) is 4.32. The van der Waals surface area contributed by atoms with E-state index in [9.17, 15) is 0 Å². The van der Waals surface area contributed by atoms with Crippen LogP contribution in [0, 0.1) is 0 Å². The molecule has 0 amide bonds. The molecule has 2 nitrogen and oxygen atoms in total. The van der Waals surface area contributed by atoms with Crippen molar-refractivity contribution < 1.29 is 4.42 Å². The molecule has 16 heavy (non-hydrogen) atoms. The van der Waals surface area contributed by atoms with Crippen molar-refractivity contribution in [3.8, 4) is 0 Å². The van der Waals surface area contributed by atoms with Gasteiger partial charge in [-0.1, -0.05) is 6.08 Å². The van der Waals surface area contributed by atoms with Gasteiger partial charge in [0.2, 0.25) is 0 Å². The molecule has 2 heteroatoms. The van der Waals surface area contributed by atoms with E-state index in [1.807, 2.05) is 24.3 Å². The maximum absolute atomic E-state index is 5.80. The van der Waals surface area contributed by atoms with Gasteiger partial charge in [0.15, 0.2) is 5.58 Å². The number of hydrogen-bond donors (Lipinski definition) is 0. The number of aromatic nitrogens is 1. The van der Waals surface area contributed by atoms with Gasteiger partial charge < -0.3 is 8.98 Å². The third-order valence-electron chi connectivity index (χ3n) is 2.85. The number of furan rings is 1. The Morgan fingerprint density at radius 2 is 2.19 bits per heavy atom. The fraction of sp³-hybridized carbons (Fsp3) is 0.214. The first-order valence-electron chi connectivity index (χ1n) is 5.49. The van der Waals surface area contributed by atoms with Gasteiger partial charge >= 0.3 is 0 Å². The Labute approximate surface area is 94.2 Å². The summed E-state index contributed by atoms with van der Waals surface area (Å²) in [7, 11) is 0. The molecular weight excluding hydrogens is 198 g/mol. The second-order valence-corrected chi connectivity index (χ2v) is 4.29.